The molecular weight excluding hydrogens is 539 g/mol. The van der Waals surface area contributed by atoms with Gasteiger partial charge in [-0.1, -0.05) is 12.1 Å². The molecule has 9 nitrogen and oxygen atoms in total. The Morgan fingerprint density at radius 2 is 1.58 bits per heavy atom. The van der Waals surface area contributed by atoms with E-state index in [0.29, 0.717) is 27.7 Å². The number of nitro groups is 2. The molecule has 10 heteroatoms. The normalized spacial score (nSPS) is 11.2. The second kappa shape index (κ2) is 8.90. The standard InChI is InChI=1S/C23H15IN4O5/c1-14-2-7-18(28(32)33)13-21(14)26-22(11-5-15-3-8-17(9-4-15)27(30)31)25-20-10-6-16(24)12-19(20)23(26)29/h2-13H,1H3. The van der Waals surface area contributed by atoms with Crippen molar-refractivity contribution in [3.63, 3.8) is 0 Å². The maximum atomic E-state index is 13.5. The van der Waals surface area contributed by atoms with Crippen molar-refractivity contribution < 1.29 is 9.85 Å². The van der Waals surface area contributed by atoms with Crippen LogP contribution in [0.3, 0.4) is 0 Å². The zero-order valence-corrected chi connectivity index (χ0v) is 19.3. The van der Waals surface area contributed by atoms with E-state index in [9.17, 15) is 25.0 Å². The van der Waals surface area contributed by atoms with Crippen LogP contribution in [0.2, 0.25) is 0 Å². The fraction of sp³-hybridized carbons (Fsp3) is 0.0435. The number of nitrogens with zero attached hydrogens (tertiary/aromatic N) is 4. The predicted molar refractivity (Wildman–Crippen MR) is 133 cm³/mol. The minimum Gasteiger partial charge on any atom is -0.268 e. The molecule has 4 aromatic rings. The molecule has 3 aromatic carbocycles. The molecule has 1 heterocycles. The van der Waals surface area contributed by atoms with Crippen LogP contribution in [0.5, 0.6) is 0 Å². The molecule has 0 atom stereocenters. The van der Waals surface area contributed by atoms with Crippen molar-refractivity contribution in [2.45, 2.75) is 6.92 Å². The van der Waals surface area contributed by atoms with Gasteiger partial charge in [-0.05, 0) is 77.0 Å². The molecule has 0 fully saturated rings. The molecule has 0 radical (unpaired) electrons. The molecule has 0 amide bonds. The van der Waals surface area contributed by atoms with Crippen LogP contribution in [-0.2, 0) is 0 Å². The van der Waals surface area contributed by atoms with E-state index >= 15 is 0 Å². The van der Waals surface area contributed by atoms with Crippen LogP contribution in [0, 0.1) is 30.7 Å². The molecule has 0 unspecified atom stereocenters. The zero-order chi connectivity index (χ0) is 23.7. The van der Waals surface area contributed by atoms with Crippen molar-refractivity contribution in [1.82, 2.24) is 9.55 Å². The number of benzene rings is 3. The van der Waals surface area contributed by atoms with Gasteiger partial charge < -0.3 is 0 Å². The van der Waals surface area contributed by atoms with Crippen LogP contribution >= 0.6 is 22.6 Å². The van der Waals surface area contributed by atoms with Gasteiger partial charge in [0.2, 0.25) is 0 Å². The van der Waals surface area contributed by atoms with Gasteiger partial charge in [-0.25, -0.2) is 4.98 Å². The molecule has 164 valence electrons. The van der Waals surface area contributed by atoms with Crippen LogP contribution in [0.25, 0.3) is 28.7 Å². The highest BCUT2D eigenvalue weighted by molar-refractivity contribution is 14.1. The first kappa shape index (κ1) is 22.3. The maximum Gasteiger partial charge on any atom is 0.271 e. The summed E-state index contributed by atoms with van der Waals surface area (Å²) in [5.74, 6) is 0.274. The Labute approximate surface area is 200 Å². The van der Waals surface area contributed by atoms with E-state index < -0.39 is 9.85 Å². The smallest absolute Gasteiger partial charge is 0.268 e. The highest BCUT2D eigenvalue weighted by Crippen LogP contribution is 2.24. The Kier molecular flexibility index (Phi) is 6.01. The van der Waals surface area contributed by atoms with Crippen LogP contribution in [0.15, 0.2) is 65.5 Å². The van der Waals surface area contributed by atoms with Crippen LogP contribution in [0.4, 0.5) is 11.4 Å². The molecule has 0 aliphatic rings. The molecular formula is C23H15IN4O5. The highest BCUT2D eigenvalue weighted by atomic mass is 127. The number of aryl methyl sites for hydroxylation is 1. The van der Waals surface area contributed by atoms with E-state index in [-0.39, 0.29) is 22.8 Å². The second-order valence-electron chi connectivity index (χ2n) is 7.18. The Hall–Kier alpha value is -3.93. The van der Waals surface area contributed by atoms with E-state index in [1.165, 1.54) is 28.8 Å². The summed E-state index contributed by atoms with van der Waals surface area (Å²) in [7, 11) is 0. The monoisotopic (exact) mass is 554 g/mol. The highest BCUT2D eigenvalue weighted by Gasteiger charge is 2.16. The van der Waals surface area contributed by atoms with E-state index in [1.54, 1.807) is 49.4 Å². The SMILES string of the molecule is Cc1ccc([N+](=O)[O-])cc1-n1c(C=Cc2ccc([N+](=O)[O-])cc2)nc2ccc(I)cc2c1=O. The summed E-state index contributed by atoms with van der Waals surface area (Å²) in [6, 6.07) is 15.5. The van der Waals surface area contributed by atoms with Crippen molar-refractivity contribution in [2.75, 3.05) is 0 Å². The number of rotatable bonds is 5. The summed E-state index contributed by atoms with van der Waals surface area (Å²) >= 11 is 2.10. The first-order valence-electron chi connectivity index (χ1n) is 9.65. The van der Waals surface area contributed by atoms with Gasteiger partial charge >= 0.3 is 0 Å². The minimum atomic E-state index is -0.516. The van der Waals surface area contributed by atoms with Gasteiger partial charge in [0.1, 0.15) is 5.82 Å². The van der Waals surface area contributed by atoms with Crippen molar-refractivity contribution in [2.24, 2.45) is 0 Å². The lowest BCUT2D eigenvalue weighted by Gasteiger charge is -2.14. The second-order valence-corrected chi connectivity index (χ2v) is 8.43. The summed E-state index contributed by atoms with van der Waals surface area (Å²) in [5, 5.41) is 22.6. The van der Waals surface area contributed by atoms with Crippen molar-refractivity contribution >= 4 is 57.0 Å². The number of aromatic nitrogens is 2. The fourth-order valence-corrected chi connectivity index (χ4v) is 3.84. The number of hydrogen-bond donors (Lipinski definition) is 0. The molecule has 33 heavy (non-hydrogen) atoms. The Balaban J connectivity index is 1.95. The molecule has 4 rings (SSSR count). The Morgan fingerprint density at radius 3 is 2.24 bits per heavy atom. The molecule has 0 bridgehead atoms. The lowest BCUT2D eigenvalue weighted by molar-refractivity contribution is -0.385. The van der Waals surface area contributed by atoms with E-state index in [4.69, 9.17) is 0 Å². The third kappa shape index (κ3) is 4.51. The Bertz CT molecular complexity index is 1510. The molecule has 0 spiro atoms. The molecule has 0 saturated heterocycles. The van der Waals surface area contributed by atoms with Crippen LogP contribution in [-0.4, -0.2) is 19.4 Å². The number of halogens is 1. The van der Waals surface area contributed by atoms with Crippen LogP contribution < -0.4 is 5.56 Å². The first-order valence-corrected chi connectivity index (χ1v) is 10.7. The lowest BCUT2D eigenvalue weighted by atomic mass is 10.1. The topological polar surface area (TPSA) is 121 Å². The summed E-state index contributed by atoms with van der Waals surface area (Å²) < 4.78 is 2.21. The first-order chi connectivity index (χ1) is 15.7. The average molecular weight is 554 g/mol. The number of non-ortho nitro benzene ring substituents is 2. The van der Waals surface area contributed by atoms with Gasteiger partial charge in [-0.15, -0.1) is 0 Å². The number of fused-ring (bicyclic) bond motifs is 1. The number of hydrogen-bond acceptors (Lipinski definition) is 6. The quantitative estimate of drug-likeness (QED) is 0.188. The van der Waals surface area contributed by atoms with Gasteiger partial charge in [-0.3, -0.25) is 29.6 Å². The lowest BCUT2D eigenvalue weighted by Crippen LogP contribution is -2.23. The third-order valence-corrected chi connectivity index (χ3v) is 5.70. The summed E-state index contributed by atoms with van der Waals surface area (Å²) in [5.41, 5.74) is 1.64. The van der Waals surface area contributed by atoms with Crippen molar-refractivity contribution in [3.8, 4) is 5.69 Å². The predicted octanol–water partition coefficient (Wildman–Crippen LogP) is 5.29. The van der Waals surface area contributed by atoms with Crippen molar-refractivity contribution in [3.05, 3.63) is 112 Å². The van der Waals surface area contributed by atoms with E-state index in [1.807, 2.05) is 6.07 Å². The van der Waals surface area contributed by atoms with Gasteiger partial charge in [0.05, 0.1) is 26.4 Å². The van der Waals surface area contributed by atoms with Crippen LogP contribution in [0.1, 0.15) is 17.0 Å². The average Bonchev–Trinajstić information content (AvgIpc) is 2.79. The Morgan fingerprint density at radius 1 is 0.909 bits per heavy atom. The van der Waals surface area contributed by atoms with Gasteiger partial charge in [-0.2, -0.15) is 0 Å². The van der Waals surface area contributed by atoms with E-state index in [0.717, 1.165) is 3.57 Å². The maximum absolute atomic E-state index is 13.5. The van der Waals surface area contributed by atoms with Gasteiger partial charge in [0.15, 0.2) is 0 Å². The summed E-state index contributed by atoms with van der Waals surface area (Å²) in [4.78, 5) is 39.4. The van der Waals surface area contributed by atoms with Crippen molar-refractivity contribution in [1.29, 1.82) is 0 Å². The van der Waals surface area contributed by atoms with Gasteiger partial charge in [0.25, 0.3) is 16.9 Å². The van der Waals surface area contributed by atoms with E-state index in [2.05, 4.69) is 27.6 Å². The molecule has 0 saturated carbocycles. The number of nitro benzene ring substituents is 2. The zero-order valence-electron chi connectivity index (χ0n) is 17.1. The molecule has 0 N–H and O–H groups in total. The third-order valence-electron chi connectivity index (χ3n) is 5.03. The molecule has 0 aliphatic carbocycles. The minimum absolute atomic E-state index is 0.0327. The largest absolute Gasteiger partial charge is 0.271 e. The fourth-order valence-electron chi connectivity index (χ4n) is 3.35. The molecule has 0 aliphatic heterocycles. The van der Waals surface area contributed by atoms with Gasteiger partial charge in [0, 0.05) is 27.8 Å². The summed E-state index contributed by atoms with van der Waals surface area (Å²) in [6.07, 6.45) is 3.28. The molecule has 1 aromatic heterocycles. The summed E-state index contributed by atoms with van der Waals surface area (Å²) in [6.45, 7) is 1.76.